The van der Waals surface area contributed by atoms with E-state index < -0.39 is 0 Å². The van der Waals surface area contributed by atoms with E-state index in [1.807, 2.05) is 18.3 Å². The Morgan fingerprint density at radius 1 is 0.976 bits per heavy atom. The van der Waals surface area contributed by atoms with Crippen molar-refractivity contribution < 1.29 is 4.79 Å². The van der Waals surface area contributed by atoms with Gasteiger partial charge in [-0.2, -0.15) is 0 Å². The third kappa shape index (κ3) is 7.07. The first-order valence-electron chi connectivity index (χ1n) is 14.9. The second-order valence-corrected chi connectivity index (χ2v) is 11.6. The average Bonchev–Trinajstić information content (AvgIpc) is 3.52. The van der Waals surface area contributed by atoms with Gasteiger partial charge in [-0.15, -0.1) is 0 Å². The van der Waals surface area contributed by atoms with Crippen molar-refractivity contribution in [1.82, 2.24) is 19.8 Å². The number of rotatable bonds is 9. The van der Waals surface area contributed by atoms with Gasteiger partial charge in [0, 0.05) is 42.0 Å². The quantitative estimate of drug-likeness (QED) is 0.230. The smallest absolute Gasteiger partial charge is 0.155 e. The summed E-state index contributed by atoms with van der Waals surface area (Å²) in [4.78, 5) is 26.7. The Kier molecular flexibility index (Phi) is 8.49. The van der Waals surface area contributed by atoms with E-state index >= 15 is 0 Å². The van der Waals surface area contributed by atoms with Gasteiger partial charge in [0.2, 0.25) is 0 Å². The maximum atomic E-state index is 12.5. The molecule has 6 nitrogen and oxygen atoms in total. The van der Waals surface area contributed by atoms with Gasteiger partial charge in [-0.25, -0.2) is 4.98 Å². The summed E-state index contributed by atoms with van der Waals surface area (Å²) in [6.45, 7) is 5.60. The van der Waals surface area contributed by atoms with E-state index in [0.29, 0.717) is 12.3 Å². The van der Waals surface area contributed by atoms with Gasteiger partial charge < -0.3 is 10.2 Å². The van der Waals surface area contributed by atoms with Crippen molar-refractivity contribution in [1.29, 1.82) is 0 Å². The predicted molar refractivity (Wildman–Crippen MR) is 168 cm³/mol. The number of nitrogens with zero attached hydrogens (tertiary/aromatic N) is 4. The van der Waals surface area contributed by atoms with Crippen LogP contribution in [0, 0.1) is 5.92 Å². The molecule has 210 valence electrons. The van der Waals surface area contributed by atoms with Crippen molar-refractivity contribution in [2.45, 2.75) is 38.6 Å². The lowest BCUT2D eigenvalue weighted by Crippen LogP contribution is -2.30. The van der Waals surface area contributed by atoms with Crippen molar-refractivity contribution in [2.75, 3.05) is 38.5 Å². The fourth-order valence-electron chi connectivity index (χ4n) is 5.94. The highest BCUT2D eigenvalue weighted by Crippen LogP contribution is 2.31. The van der Waals surface area contributed by atoms with Gasteiger partial charge in [-0.05, 0) is 106 Å². The molecule has 2 aliphatic rings. The van der Waals surface area contributed by atoms with E-state index in [4.69, 9.17) is 4.98 Å². The van der Waals surface area contributed by atoms with Gasteiger partial charge in [0.1, 0.15) is 0 Å². The van der Waals surface area contributed by atoms with Crippen LogP contribution < -0.4 is 5.32 Å². The predicted octanol–water partition coefficient (Wildman–Crippen LogP) is 6.95. The lowest BCUT2D eigenvalue weighted by atomic mass is 9.92. The van der Waals surface area contributed by atoms with E-state index in [2.05, 4.69) is 81.7 Å². The van der Waals surface area contributed by atoms with E-state index in [1.165, 1.54) is 31.5 Å². The minimum Gasteiger partial charge on any atom is -0.355 e. The third-order valence-electron chi connectivity index (χ3n) is 8.44. The number of carbonyl (C=O) groups excluding carboxylic acids is 1. The van der Waals surface area contributed by atoms with Crippen LogP contribution in [0.3, 0.4) is 0 Å². The fraction of sp³-hybridized carbons (Fsp3) is 0.343. The standard InChI is InChI=1S/C35H39N5O/c1-39-20-15-27(16-21-39)22-31(41)13-8-26-4-9-29(10-5-26)34-23-35(32-24-36-17-14-33(32)38-34)37-30-11-6-28(7-12-30)25-40-18-2-3-19-40/h4-14,17,23-24,27H,2-3,15-16,18-22,25H2,1H3,(H,37,38)/b13-8+. The van der Waals surface area contributed by atoms with Crippen LogP contribution in [0.5, 0.6) is 0 Å². The highest BCUT2D eigenvalue weighted by atomic mass is 16.1. The first-order chi connectivity index (χ1) is 20.1. The van der Waals surface area contributed by atoms with Crippen molar-refractivity contribution in [3.63, 3.8) is 0 Å². The summed E-state index contributed by atoms with van der Waals surface area (Å²) in [5.74, 6) is 0.726. The van der Waals surface area contributed by atoms with Crippen molar-refractivity contribution >= 4 is 34.1 Å². The molecule has 1 N–H and O–H groups in total. The molecule has 6 heteroatoms. The molecule has 0 amide bonds. The molecule has 0 unspecified atom stereocenters. The van der Waals surface area contributed by atoms with Gasteiger partial charge in [0.25, 0.3) is 0 Å². The molecule has 0 saturated carbocycles. The number of nitrogens with one attached hydrogen (secondary N) is 1. The Morgan fingerprint density at radius 3 is 2.49 bits per heavy atom. The molecule has 4 aromatic rings. The van der Waals surface area contributed by atoms with E-state index in [-0.39, 0.29) is 5.78 Å². The van der Waals surface area contributed by atoms with Gasteiger partial charge in [0.05, 0.1) is 16.9 Å². The highest BCUT2D eigenvalue weighted by molar-refractivity contribution is 5.95. The average molecular weight is 546 g/mol. The first kappa shape index (κ1) is 27.3. The zero-order chi connectivity index (χ0) is 28.0. The van der Waals surface area contributed by atoms with Crippen LogP contribution in [0.25, 0.3) is 28.2 Å². The molecule has 0 bridgehead atoms. The fourth-order valence-corrected chi connectivity index (χ4v) is 5.94. The van der Waals surface area contributed by atoms with Gasteiger partial charge in [0.15, 0.2) is 5.78 Å². The molecule has 2 aliphatic heterocycles. The number of ketones is 1. The van der Waals surface area contributed by atoms with E-state index in [1.54, 1.807) is 12.3 Å². The maximum absolute atomic E-state index is 12.5. The third-order valence-corrected chi connectivity index (χ3v) is 8.44. The van der Waals surface area contributed by atoms with Gasteiger partial charge >= 0.3 is 0 Å². The molecule has 2 saturated heterocycles. The summed E-state index contributed by atoms with van der Waals surface area (Å²) < 4.78 is 0. The molecular weight excluding hydrogens is 506 g/mol. The Bertz CT molecular complexity index is 1500. The van der Waals surface area contributed by atoms with Crippen LogP contribution in [0.4, 0.5) is 11.4 Å². The SMILES string of the molecule is CN1CCC(CC(=O)/C=C/c2ccc(-c3cc(Nc4ccc(CN5CCCC5)cc4)c4cnccc4n3)cc2)CC1. The topological polar surface area (TPSA) is 61.4 Å². The summed E-state index contributed by atoms with van der Waals surface area (Å²) >= 11 is 0. The molecule has 2 fully saturated rings. The number of benzene rings is 2. The van der Waals surface area contributed by atoms with Crippen LogP contribution >= 0.6 is 0 Å². The van der Waals surface area contributed by atoms with Crippen LogP contribution in [-0.4, -0.2) is 58.8 Å². The molecule has 2 aromatic heterocycles. The Hall–Kier alpha value is -3.87. The Morgan fingerprint density at radius 2 is 1.73 bits per heavy atom. The molecule has 0 atom stereocenters. The summed E-state index contributed by atoms with van der Waals surface area (Å²) in [7, 11) is 2.15. The number of hydrogen-bond acceptors (Lipinski definition) is 6. The first-order valence-corrected chi connectivity index (χ1v) is 14.9. The lowest BCUT2D eigenvalue weighted by Gasteiger charge is -2.28. The normalized spacial score (nSPS) is 17.0. The number of pyridine rings is 2. The molecule has 41 heavy (non-hydrogen) atoms. The number of fused-ring (bicyclic) bond motifs is 1. The van der Waals surface area contributed by atoms with Crippen molar-refractivity contribution in [2.24, 2.45) is 5.92 Å². The zero-order valence-electron chi connectivity index (χ0n) is 23.9. The second kappa shape index (κ2) is 12.8. The number of piperidine rings is 1. The van der Waals surface area contributed by atoms with E-state index in [9.17, 15) is 4.79 Å². The van der Waals surface area contributed by atoms with Crippen LogP contribution in [-0.2, 0) is 11.3 Å². The van der Waals surface area contributed by atoms with Gasteiger partial charge in [-0.1, -0.05) is 42.5 Å². The molecule has 0 radical (unpaired) electrons. The highest BCUT2D eigenvalue weighted by Gasteiger charge is 2.18. The molecule has 0 spiro atoms. The van der Waals surface area contributed by atoms with Crippen molar-refractivity contribution in [3.05, 3.63) is 90.3 Å². The lowest BCUT2D eigenvalue weighted by molar-refractivity contribution is -0.115. The minimum absolute atomic E-state index is 0.216. The van der Waals surface area contributed by atoms with Crippen molar-refractivity contribution in [3.8, 4) is 11.3 Å². The molecule has 2 aromatic carbocycles. The number of carbonyl (C=O) groups is 1. The van der Waals surface area contributed by atoms with Gasteiger partial charge in [-0.3, -0.25) is 14.7 Å². The largest absolute Gasteiger partial charge is 0.355 e. The number of likely N-dealkylation sites (tertiary alicyclic amines) is 2. The van der Waals surface area contributed by atoms with Crippen LogP contribution in [0.2, 0.25) is 0 Å². The number of anilines is 2. The molecule has 0 aliphatic carbocycles. The molecular formula is C35H39N5O. The summed E-state index contributed by atoms with van der Waals surface area (Å²) in [6, 6.07) is 21.1. The Labute approximate surface area is 243 Å². The summed E-state index contributed by atoms with van der Waals surface area (Å²) in [5.41, 5.74) is 7.21. The number of hydrogen-bond donors (Lipinski definition) is 1. The van der Waals surface area contributed by atoms with Crippen LogP contribution in [0.15, 0.2) is 79.1 Å². The maximum Gasteiger partial charge on any atom is 0.155 e. The second-order valence-electron chi connectivity index (χ2n) is 11.6. The number of allylic oxidation sites excluding steroid dienone is 1. The minimum atomic E-state index is 0.216. The van der Waals surface area contributed by atoms with Crippen LogP contribution in [0.1, 0.15) is 43.2 Å². The summed E-state index contributed by atoms with van der Waals surface area (Å²) in [6.07, 6.45) is 12.8. The number of aromatic nitrogens is 2. The molecule has 6 rings (SSSR count). The monoisotopic (exact) mass is 545 g/mol. The summed E-state index contributed by atoms with van der Waals surface area (Å²) in [5, 5.41) is 4.60. The Balaban J connectivity index is 1.15. The van der Waals surface area contributed by atoms with E-state index in [0.717, 1.165) is 71.6 Å². The molecule has 4 heterocycles. The zero-order valence-corrected chi connectivity index (χ0v) is 23.9.